The third-order valence-corrected chi connectivity index (χ3v) is 4.21. The van der Waals surface area contributed by atoms with Crippen LogP contribution in [0.3, 0.4) is 0 Å². The van der Waals surface area contributed by atoms with Gasteiger partial charge in [-0.1, -0.05) is 64.9 Å². The molecule has 0 saturated heterocycles. The van der Waals surface area contributed by atoms with Crippen molar-refractivity contribution in [2.75, 3.05) is 0 Å². The first-order valence-electron chi connectivity index (χ1n) is 5.53. The number of benzene rings is 2. The highest BCUT2D eigenvalue weighted by atomic mass is 35.5. The summed E-state index contributed by atoms with van der Waals surface area (Å²) in [6.07, 6.45) is 0. The van der Waals surface area contributed by atoms with Gasteiger partial charge in [-0.25, -0.2) is 0 Å². The molecule has 0 N–H and O–H groups in total. The summed E-state index contributed by atoms with van der Waals surface area (Å²) < 4.78 is 3.27. The molecule has 18 heavy (non-hydrogen) atoms. The molecule has 3 aromatic rings. The minimum Gasteiger partial charge on any atom is -0.183 e. The number of thiazole rings is 1. The maximum atomic E-state index is 6.28. The Hall–Kier alpha value is -1.09. The first kappa shape index (κ1) is 12.0. The SMILES string of the molecule is Clc1cc(Cl)c2c(c1)sc[n+]2Cc1ccccc1. The normalized spacial score (nSPS) is 11.0. The van der Waals surface area contributed by atoms with Gasteiger partial charge in [0.05, 0.1) is 0 Å². The Labute approximate surface area is 119 Å². The van der Waals surface area contributed by atoms with Gasteiger partial charge in [0.15, 0.2) is 6.54 Å². The first-order valence-corrected chi connectivity index (χ1v) is 7.17. The maximum Gasteiger partial charge on any atom is 0.242 e. The molecule has 1 nitrogen and oxygen atoms in total. The Morgan fingerprint density at radius 3 is 2.61 bits per heavy atom. The van der Waals surface area contributed by atoms with Crippen LogP contribution in [-0.2, 0) is 6.54 Å². The van der Waals surface area contributed by atoms with Crippen molar-refractivity contribution >= 4 is 44.8 Å². The van der Waals surface area contributed by atoms with Crippen LogP contribution in [0.5, 0.6) is 0 Å². The molecule has 0 spiro atoms. The molecule has 4 heteroatoms. The van der Waals surface area contributed by atoms with Crippen molar-refractivity contribution in [1.29, 1.82) is 0 Å². The van der Waals surface area contributed by atoms with E-state index in [4.69, 9.17) is 23.2 Å². The highest BCUT2D eigenvalue weighted by Crippen LogP contribution is 2.28. The van der Waals surface area contributed by atoms with E-state index >= 15 is 0 Å². The molecule has 1 aromatic heterocycles. The molecule has 90 valence electrons. The molecule has 0 atom stereocenters. The van der Waals surface area contributed by atoms with Crippen LogP contribution >= 0.6 is 34.5 Å². The van der Waals surface area contributed by atoms with Crippen LogP contribution in [0, 0.1) is 0 Å². The largest absolute Gasteiger partial charge is 0.242 e. The Bertz CT molecular complexity index is 692. The zero-order chi connectivity index (χ0) is 12.5. The second kappa shape index (κ2) is 4.88. The van der Waals surface area contributed by atoms with Crippen LogP contribution < -0.4 is 4.57 Å². The van der Waals surface area contributed by atoms with Crippen molar-refractivity contribution in [2.45, 2.75) is 6.54 Å². The lowest BCUT2D eigenvalue weighted by molar-refractivity contribution is -0.658. The molecule has 0 aliphatic rings. The number of halogens is 2. The van der Waals surface area contributed by atoms with Crippen molar-refractivity contribution in [1.82, 2.24) is 0 Å². The fourth-order valence-corrected chi connectivity index (χ4v) is 3.66. The van der Waals surface area contributed by atoms with Crippen LogP contribution in [0.25, 0.3) is 10.2 Å². The van der Waals surface area contributed by atoms with Crippen LogP contribution in [0.15, 0.2) is 48.0 Å². The van der Waals surface area contributed by atoms with Crippen LogP contribution in [-0.4, -0.2) is 0 Å². The molecule has 0 fully saturated rings. The molecule has 0 unspecified atom stereocenters. The van der Waals surface area contributed by atoms with E-state index in [9.17, 15) is 0 Å². The Morgan fingerprint density at radius 1 is 1.06 bits per heavy atom. The zero-order valence-corrected chi connectivity index (χ0v) is 11.8. The molecule has 0 aliphatic carbocycles. The third-order valence-electron chi connectivity index (χ3n) is 2.78. The Balaban J connectivity index is 2.08. The lowest BCUT2D eigenvalue weighted by Gasteiger charge is -1.97. The molecule has 2 aromatic carbocycles. The Kier molecular flexibility index (Phi) is 3.25. The number of hydrogen-bond donors (Lipinski definition) is 0. The predicted molar refractivity (Wildman–Crippen MR) is 77.6 cm³/mol. The van der Waals surface area contributed by atoms with E-state index < -0.39 is 0 Å². The van der Waals surface area contributed by atoms with Gasteiger partial charge in [-0.15, -0.1) is 0 Å². The topological polar surface area (TPSA) is 3.88 Å². The quantitative estimate of drug-likeness (QED) is 0.611. The van der Waals surface area contributed by atoms with Crippen LogP contribution in [0.4, 0.5) is 0 Å². The van der Waals surface area contributed by atoms with Gasteiger partial charge < -0.3 is 0 Å². The highest BCUT2D eigenvalue weighted by Gasteiger charge is 2.16. The molecular formula is C14H10Cl2NS+. The Morgan fingerprint density at radius 2 is 1.83 bits per heavy atom. The summed E-state index contributed by atoms with van der Waals surface area (Å²) in [5.74, 6) is 0. The molecule has 0 amide bonds. The van der Waals surface area contributed by atoms with Gasteiger partial charge in [0, 0.05) is 10.6 Å². The number of hydrogen-bond acceptors (Lipinski definition) is 1. The number of aromatic nitrogens is 1. The number of rotatable bonds is 2. The maximum absolute atomic E-state index is 6.28. The van der Waals surface area contributed by atoms with E-state index in [0.29, 0.717) is 10.0 Å². The molecule has 0 saturated carbocycles. The first-order chi connectivity index (χ1) is 8.74. The van der Waals surface area contributed by atoms with Gasteiger partial charge in [-0.2, -0.15) is 4.57 Å². The van der Waals surface area contributed by atoms with Crippen molar-refractivity contribution in [3.05, 3.63) is 63.6 Å². The smallest absolute Gasteiger partial charge is 0.183 e. The summed E-state index contributed by atoms with van der Waals surface area (Å²) in [5, 5.41) is 1.39. The zero-order valence-electron chi connectivity index (χ0n) is 9.44. The summed E-state index contributed by atoms with van der Waals surface area (Å²) in [6.45, 7) is 0.822. The lowest BCUT2D eigenvalue weighted by Crippen LogP contribution is -2.32. The minimum absolute atomic E-state index is 0.682. The summed E-state index contributed by atoms with van der Waals surface area (Å²) >= 11 is 13.9. The lowest BCUT2D eigenvalue weighted by atomic mass is 10.2. The average molecular weight is 295 g/mol. The summed E-state index contributed by atoms with van der Waals surface area (Å²) in [5.41, 5.74) is 4.39. The van der Waals surface area contributed by atoms with Gasteiger partial charge in [0.25, 0.3) is 0 Å². The molecule has 0 aliphatic heterocycles. The summed E-state index contributed by atoms with van der Waals surface area (Å²) in [6, 6.07) is 14.1. The van der Waals surface area contributed by atoms with Crippen molar-refractivity contribution in [2.24, 2.45) is 0 Å². The van der Waals surface area contributed by atoms with Crippen molar-refractivity contribution in [3.8, 4) is 0 Å². The standard InChI is InChI=1S/C14H10Cl2NS/c15-11-6-12(16)14-13(7-11)18-9-17(14)8-10-4-2-1-3-5-10/h1-7,9H,8H2/q+1. The number of fused-ring (bicyclic) bond motifs is 1. The van der Waals surface area contributed by atoms with Crippen LogP contribution in [0.2, 0.25) is 10.0 Å². The fourth-order valence-electron chi connectivity index (χ4n) is 1.98. The molecule has 1 heterocycles. The predicted octanol–water partition coefficient (Wildman–Crippen LogP) is 4.54. The van der Waals surface area contributed by atoms with Gasteiger partial charge >= 0.3 is 0 Å². The average Bonchev–Trinajstić information content (AvgIpc) is 2.73. The van der Waals surface area contributed by atoms with E-state index in [1.54, 1.807) is 17.4 Å². The second-order valence-electron chi connectivity index (χ2n) is 4.07. The monoisotopic (exact) mass is 294 g/mol. The minimum atomic E-state index is 0.682. The molecule has 0 bridgehead atoms. The van der Waals surface area contributed by atoms with Gasteiger partial charge in [-0.05, 0) is 12.1 Å². The fraction of sp³-hybridized carbons (Fsp3) is 0.0714. The summed E-state index contributed by atoms with van der Waals surface area (Å²) in [4.78, 5) is 0. The summed E-state index contributed by atoms with van der Waals surface area (Å²) in [7, 11) is 0. The van der Waals surface area contributed by atoms with E-state index in [-0.39, 0.29) is 0 Å². The second-order valence-corrected chi connectivity index (χ2v) is 5.80. The van der Waals surface area contributed by atoms with E-state index in [1.165, 1.54) is 5.56 Å². The van der Waals surface area contributed by atoms with E-state index in [1.807, 2.05) is 24.3 Å². The van der Waals surface area contributed by atoms with Gasteiger partial charge in [0.2, 0.25) is 11.0 Å². The van der Waals surface area contributed by atoms with Crippen molar-refractivity contribution < 1.29 is 4.57 Å². The van der Waals surface area contributed by atoms with E-state index in [2.05, 4.69) is 22.2 Å². The highest BCUT2D eigenvalue weighted by molar-refractivity contribution is 7.16. The third kappa shape index (κ3) is 2.24. The van der Waals surface area contributed by atoms with Crippen molar-refractivity contribution in [3.63, 3.8) is 0 Å². The number of nitrogens with zero attached hydrogens (tertiary/aromatic N) is 1. The van der Waals surface area contributed by atoms with E-state index in [0.717, 1.165) is 16.8 Å². The van der Waals surface area contributed by atoms with Gasteiger partial charge in [0.1, 0.15) is 9.72 Å². The molecular weight excluding hydrogens is 285 g/mol. The molecule has 3 rings (SSSR count). The van der Waals surface area contributed by atoms with Crippen LogP contribution in [0.1, 0.15) is 5.56 Å². The molecule has 0 radical (unpaired) electrons. The van der Waals surface area contributed by atoms with Gasteiger partial charge in [-0.3, -0.25) is 0 Å².